The number of aromatic nitrogens is 2. The Hall–Kier alpha value is -2.54. The number of aryl methyl sites for hydroxylation is 1. The van der Waals surface area contributed by atoms with Crippen molar-refractivity contribution in [2.75, 3.05) is 30.0 Å². The molecule has 0 atom stereocenters. The molecule has 2 heterocycles. The van der Waals surface area contributed by atoms with Gasteiger partial charge in [-0.15, -0.1) is 0 Å². The van der Waals surface area contributed by atoms with Crippen LogP contribution in [0.25, 0.3) is 0 Å². The van der Waals surface area contributed by atoms with Crippen LogP contribution in [0.15, 0.2) is 33.9 Å². The Labute approximate surface area is 140 Å². The van der Waals surface area contributed by atoms with Crippen LogP contribution in [0, 0.1) is 6.92 Å². The largest absolute Gasteiger partial charge is 0.352 e. The minimum absolute atomic E-state index is 0.253. The molecule has 0 aliphatic carbocycles. The van der Waals surface area contributed by atoms with E-state index < -0.39 is 0 Å². The Kier molecular flexibility index (Phi) is 4.44. The third-order valence-corrected chi connectivity index (χ3v) is 4.40. The van der Waals surface area contributed by atoms with E-state index in [4.69, 9.17) is 0 Å². The van der Waals surface area contributed by atoms with Gasteiger partial charge in [0.1, 0.15) is 11.5 Å². The molecule has 0 fully saturated rings. The highest BCUT2D eigenvalue weighted by atomic mass is 16.2. The third-order valence-electron chi connectivity index (χ3n) is 4.40. The second-order valence-electron chi connectivity index (χ2n) is 6.16. The maximum absolute atomic E-state index is 12.4. The predicted octanol–water partition coefficient (Wildman–Crippen LogP) is 0.372. The summed E-state index contributed by atoms with van der Waals surface area (Å²) in [6.45, 7) is 4.84. The zero-order valence-electron chi connectivity index (χ0n) is 14.3. The number of benzene rings is 1. The molecular weight excluding hydrogens is 306 g/mol. The van der Waals surface area contributed by atoms with E-state index in [2.05, 4.69) is 41.8 Å². The molecule has 0 saturated carbocycles. The number of rotatable bonds is 5. The SMILES string of the molecule is Cc1ccc(CNCCN2CNc3c2c(=O)n(C)c(=O)n3C)cc1. The van der Waals surface area contributed by atoms with E-state index in [0.29, 0.717) is 24.7 Å². The highest BCUT2D eigenvalue weighted by molar-refractivity contribution is 5.70. The second kappa shape index (κ2) is 6.52. The topological polar surface area (TPSA) is 71.3 Å². The monoisotopic (exact) mass is 329 g/mol. The molecule has 0 radical (unpaired) electrons. The number of nitrogens with one attached hydrogen (secondary N) is 2. The summed E-state index contributed by atoms with van der Waals surface area (Å²) in [4.78, 5) is 26.3. The number of hydrogen-bond donors (Lipinski definition) is 2. The van der Waals surface area contributed by atoms with Crippen molar-refractivity contribution in [1.82, 2.24) is 14.5 Å². The molecule has 0 unspecified atom stereocenters. The summed E-state index contributed by atoms with van der Waals surface area (Å²) in [5, 5.41) is 6.53. The summed E-state index contributed by atoms with van der Waals surface area (Å²) in [7, 11) is 3.18. The molecule has 2 aromatic rings. The van der Waals surface area contributed by atoms with Crippen LogP contribution < -0.4 is 26.8 Å². The first-order valence-electron chi connectivity index (χ1n) is 8.04. The highest BCUT2D eigenvalue weighted by Gasteiger charge is 2.26. The normalized spacial score (nSPS) is 13.0. The van der Waals surface area contributed by atoms with Crippen LogP contribution in [0.2, 0.25) is 0 Å². The third kappa shape index (κ3) is 2.94. The number of anilines is 2. The molecule has 2 N–H and O–H groups in total. The smallest absolute Gasteiger partial charge is 0.332 e. The van der Waals surface area contributed by atoms with Crippen molar-refractivity contribution >= 4 is 11.5 Å². The van der Waals surface area contributed by atoms with Crippen LogP contribution >= 0.6 is 0 Å². The summed E-state index contributed by atoms with van der Waals surface area (Å²) in [6, 6.07) is 8.42. The van der Waals surface area contributed by atoms with Gasteiger partial charge in [-0.2, -0.15) is 0 Å². The van der Waals surface area contributed by atoms with Crippen molar-refractivity contribution < 1.29 is 0 Å². The number of fused-ring (bicyclic) bond motifs is 1. The van der Waals surface area contributed by atoms with Crippen molar-refractivity contribution in [3.63, 3.8) is 0 Å². The first kappa shape index (κ1) is 16.3. The van der Waals surface area contributed by atoms with E-state index >= 15 is 0 Å². The lowest BCUT2D eigenvalue weighted by Crippen LogP contribution is -2.40. The zero-order valence-corrected chi connectivity index (χ0v) is 14.3. The van der Waals surface area contributed by atoms with E-state index in [-0.39, 0.29) is 11.2 Å². The van der Waals surface area contributed by atoms with Crippen molar-refractivity contribution in [3.05, 3.63) is 56.2 Å². The van der Waals surface area contributed by atoms with Crippen molar-refractivity contribution in [3.8, 4) is 0 Å². The average Bonchev–Trinajstić information content (AvgIpc) is 3.00. The van der Waals surface area contributed by atoms with Gasteiger partial charge in [0.15, 0.2) is 0 Å². The molecule has 1 aromatic carbocycles. The van der Waals surface area contributed by atoms with E-state index in [9.17, 15) is 9.59 Å². The Morgan fingerprint density at radius 3 is 2.54 bits per heavy atom. The van der Waals surface area contributed by atoms with E-state index in [1.165, 1.54) is 22.7 Å². The van der Waals surface area contributed by atoms with Gasteiger partial charge in [0.05, 0.1) is 6.67 Å². The average molecular weight is 329 g/mol. The first-order chi connectivity index (χ1) is 11.5. The van der Waals surface area contributed by atoms with Gasteiger partial charge in [-0.1, -0.05) is 29.8 Å². The summed E-state index contributed by atoms with van der Waals surface area (Å²) < 4.78 is 2.63. The molecule has 24 heavy (non-hydrogen) atoms. The van der Waals surface area contributed by atoms with Gasteiger partial charge in [0.25, 0.3) is 5.56 Å². The molecule has 0 spiro atoms. The number of hydrogen-bond acceptors (Lipinski definition) is 5. The quantitative estimate of drug-likeness (QED) is 0.776. The van der Waals surface area contributed by atoms with Gasteiger partial charge < -0.3 is 15.5 Å². The summed E-state index contributed by atoms with van der Waals surface area (Å²) >= 11 is 0. The highest BCUT2D eigenvalue weighted by Crippen LogP contribution is 2.24. The summed E-state index contributed by atoms with van der Waals surface area (Å²) in [5.74, 6) is 0.599. The van der Waals surface area contributed by atoms with E-state index in [1.54, 1.807) is 7.05 Å². The fourth-order valence-corrected chi connectivity index (χ4v) is 2.91. The Morgan fingerprint density at radius 1 is 1.12 bits per heavy atom. The van der Waals surface area contributed by atoms with Crippen molar-refractivity contribution in [2.45, 2.75) is 13.5 Å². The number of nitrogens with zero attached hydrogens (tertiary/aromatic N) is 3. The van der Waals surface area contributed by atoms with Crippen LogP contribution in [0.4, 0.5) is 11.5 Å². The maximum Gasteiger partial charge on any atom is 0.332 e. The van der Waals surface area contributed by atoms with Crippen LogP contribution in [-0.4, -0.2) is 28.9 Å². The lowest BCUT2D eigenvalue weighted by molar-refractivity contribution is 0.665. The standard InChI is InChI=1S/C17H23N5O2/c1-12-4-6-13(7-5-12)10-18-8-9-22-11-19-15-14(22)16(23)21(3)17(24)20(15)2/h4-7,18-19H,8-11H2,1-3H3. The van der Waals surface area contributed by atoms with Crippen LogP contribution in [0.5, 0.6) is 0 Å². The Balaban J connectivity index is 1.64. The molecular formula is C17H23N5O2. The van der Waals surface area contributed by atoms with Crippen molar-refractivity contribution in [2.24, 2.45) is 14.1 Å². The van der Waals surface area contributed by atoms with Gasteiger partial charge in [-0.25, -0.2) is 4.79 Å². The minimum Gasteiger partial charge on any atom is -0.352 e. The van der Waals surface area contributed by atoms with Gasteiger partial charge in [-0.05, 0) is 12.5 Å². The van der Waals surface area contributed by atoms with Gasteiger partial charge in [0, 0.05) is 33.7 Å². The van der Waals surface area contributed by atoms with E-state index in [0.717, 1.165) is 17.7 Å². The predicted molar refractivity (Wildman–Crippen MR) is 95.6 cm³/mol. The molecule has 7 heteroatoms. The van der Waals surface area contributed by atoms with Crippen LogP contribution in [0.1, 0.15) is 11.1 Å². The lowest BCUT2D eigenvalue weighted by atomic mass is 10.1. The Bertz CT molecular complexity index is 851. The molecule has 0 bridgehead atoms. The second-order valence-corrected chi connectivity index (χ2v) is 6.16. The maximum atomic E-state index is 12.4. The molecule has 0 saturated heterocycles. The molecule has 128 valence electrons. The zero-order chi connectivity index (χ0) is 17.3. The Morgan fingerprint density at radius 2 is 1.83 bits per heavy atom. The lowest BCUT2D eigenvalue weighted by Gasteiger charge is -2.18. The molecule has 1 aromatic heterocycles. The molecule has 1 aliphatic rings. The van der Waals surface area contributed by atoms with Gasteiger partial charge >= 0.3 is 5.69 Å². The summed E-state index contributed by atoms with van der Waals surface area (Å²) in [5.41, 5.74) is 2.48. The van der Waals surface area contributed by atoms with Crippen LogP contribution in [0.3, 0.4) is 0 Å². The minimum atomic E-state index is -0.314. The molecule has 7 nitrogen and oxygen atoms in total. The van der Waals surface area contributed by atoms with Crippen LogP contribution in [-0.2, 0) is 20.6 Å². The summed E-state index contributed by atoms with van der Waals surface area (Å²) in [6.07, 6.45) is 0. The van der Waals surface area contributed by atoms with Crippen molar-refractivity contribution in [1.29, 1.82) is 0 Å². The van der Waals surface area contributed by atoms with Gasteiger partial charge in [0.2, 0.25) is 0 Å². The molecule has 0 amide bonds. The van der Waals surface area contributed by atoms with Gasteiger partial charge in [-0.3, -0.25) is 13.9 Å². The molecule has 1 aliphatic heterocycles. The fraction of sp³-hybridized carbons (Fsp3) is 0.412. The molecule has 3 rings (SSSR count). The van der Waals surface area contributed by atoms with E-state index in [1.807, 2.05) is 4.90 Å². The first-order valence-corrected chi connectivity index (χ1v) is 8.04. The fourth-order valence-electron chi connectivity index (χ4n) is 2.91.